The third-order valence-corrected chi connectivity index (χ3v) is 5.62. The lowest BCUT2D eigenvalue weighted by Gasteiger charge is -2.24. The number of carboxylic acid groups (broad SMARTS) is 1. The molecule has 0 bridgehead atoms. The van der Waals surface area contributed by atoms with Crippen molar-refractivity contribution in [3.63, 3.8) is 0 Å². The van der Waals surface area contributed by atoms with E-state index in [1.807, 2.05) is 6.07 Å². The van der Waals surface area contributed by atoms with Gasteiger partial charge >= 0.3 is 5.97 Å². The number of nitrogens with one attached hydrogen (secondary N) is 1. The van der Waals surface area contributed by atoms with Gasteiger partial charge in [0.05, 0.1) is 17.7 Å². The number of hydrogen-bond acceptors (Lipinski definition) is 4. The fourth-order valence-electron chi connectivity index (χ4n) is 4.18. The molecular formula is C24H26N2O3. The quantitative estimate of drug-likeness (QED) is 0.637. The summed E-state index contributed by atoms with van der Waals surface area (Å²) in [4.78, 5) is 16.4. The lowest BCUT2D eigenvalue weighted by atomic mass is 9.90. The van der Waals surface area contributed by atoms with Gasteiger partial charge < -0.3 is 15.2 Å². The van der Waals surface area contributed by atoms with Crippen molar-refractivity contribution in [2.24, 2.45) is 0 Å². The van der Waals surface area contributed by atoms with Gasteiger partial charge in [-0.2, -0.15) is 0 Å². The average Bonchev–Trinajstić information content (AvgIpc) is 2.72. The number of nitrogens with zero attached hydrogens (tertiary/aromatic N) is 1. The van der Waals surface area contributed by atoms with Crippen LogP contribution in [-0.2, 0) is 11.3 Å². The van der Waals surface area contributed by atoms with Gasteiger partial charge in [-0.15, -0.1) is 0 Å². The molecule has 0 spiro atoms. The van der Waals surface area contributed by atoms with Crippen molar-refractivity contribution >= 4 is 22.6 Å². The number of aryl methyl sites for hydroxylation is 2. The smallest absolute Gasteiger partial charge is 0.337 e. The molecule has 3 aromatic rings. The molecule has 5 nitrogen and oxygen atoms in total. The number of aromatic carboxylic acids is 1. The van der Waals surface area contributed by atoms with Crippen LogP contribution in [0.15, 0.2) is 42.5 Å². The molecular weight excluding hydrogens is 364 g/mol. The summed E-state index contributed by atoms with van der Waals surface area (Å²) in [5.74, 6) is -0.547. The maximum Gasteiger partial charge on any atom is 0.337 e. The van der Waals surface area contributed by atoms with Crippen LogP contribution in [0.1, 0.15) is 51.5 Å². The Balaban J connectivity index is 1.71. The van der Waals surface area contributed by atoms with Gasteiger partial charge in [0.2, 0.25) is 0 Å². The molecule has 0 radical (unpaired) electrons. The lowest BCUT2D eigenvalue weighted by Crippen LogP contribution is -2.17. The number of hydrogen-bond donors (Lipinski definition) is 2. The van der Waals surface area contributed by atoms with E-state index in [9.17, 15) is 9.90 Å². The number of carbonyl (C=O) groups is 1. The maximum absolute atomic E-state index is 11.5. The van der Waals surface area contributed by atoms with Crippen molar-refractivity contribution in [3.05, 3.63) is 70.4 Å². The largest absolute Gasteiger partial charge is 0.478 e. The molecule has 1 aliphatic heterocycles. The van der Waals surface area contributed by atoms with Crippen LogP contribution >= 0.6 is 0 Å². The van der Waals surface area contributed by atoms with E-state index in [1.54, 1.807) is 18.2 Å². The molecule has 1 aromatic heterocycles. The van der Waals surface area contributed by atoms with Gasteiger partial charge in [-0.1, -0.05) is 18.2 Å². The van der Waals surface area contributed by atoms with E-state index in [0.717, 1.165) is 53.8 Å². The Bertz CT molecular complexity index is 1060. The topological polar surface area (TPSA) is 71.5 Å². The molecule has 4 rings (SSSR count). The molecule has 0 saturated carbocycles. The highest BCUT2D eigenvalue weighted by Gasteiger charge is 2.20. The molecule has 2 aromatic carbocycles. The zero-order valence-electron chi connectivity index (χ0n) is 16.9. The van der Waals surface area contributed by atoms with Gasteiger partial charge in [0.15, 0.2) is 0 Å². The molecule has 1 unspecified atom stereocenters. The monoisotopic (exact) mass is 390 g/mol. The molecule has 1 atom stereocenters. The number of ether oxygens (including phenoxy) is 1. The molecule has 150 valence electrons. The third-order valence-electron chi connectivity index (χ3n) is 5.62. The van der Waals surface area contributed by atoms with E-state index in [4.69, 9.17) is 9.72 Å². The van der Waals surface area contributed by atoms with Crippen LogP contribution < -0.4 is 5.32 Å². The first kappa shape index (κ1) is 19.4. The number of benzene rings is 2. The van der Waals surface area contributed by atoms with Crippen molar-refractivity contribution in [2.75, 3.05) is 18.5 Å². The Kier molecular flexibility index (Phi) is 5.49. The summed E-state index contributed by atoms with van der Waals surface area (Å²) < 4.78 is 5.70. The third kappa shape index (κ3) is 4.10. The van der Waals surface area contributed by atoms with Crippen LogP contribution in [0.5, 0.6) is 0 Å². The number of para-hydroxylation sites is 1. The van der Waals surface area contributed by atoms with Crippen molar-refractivity contribution in [1.29, 1.82) is 0 Å². The Hall–Kier alpha value is -2.92. The van der Waals surface area contributed by atoms with Crippen molar-refractivity contribution < 1.29 is 14.6 Å². The SMILES string of the molecule is Cc1cc(CNc2ccccc2C(=O)O)c2cc(C3CCCOC3)c(C)nc2c1. The summed E-state index contributed by atoms with van der Waals surface area (Å²) in [6.07, 6.45) is 2.20. The minimum atomic E-state index is -0.931. The van der Waals surface area contributed by atoms with Crippen molar-refractivity contribution in [3.8, 4) is 0 Å². The highest BCUT2D eigenvalue weighted by Crippen LogP contribution is 2.31. The average molecular weight is 390 g/mol. The van der Waals surface area contributed by atoms with Gasteiger partial charge in [0.25, 0.3) is 0 Å². The lowest BCUT2D eigenvalue weighted by molar-refractivity contribution is 0.0698. The van der Waals surface area contributed by atoms with Gasteiger partial charge in [0, 0.05) is 35.8 Å². The van der Waals surface area contributed by atoms with Crippen LogP contribution in [-0.4, -0.2) is 29.3 Å². The number of anilines is 1. The molecule has 2 N–H and O–H groups in total. The van der Waals surface area contributed by atoms with E-state index in [1.165, 1.54) is 5.56 Å². The van der Waals surface area contributed by atoms with Gasteiger partial charge in [-0.25, -0.2) is 4.79 Å². The molecule has 0 aliphatic carbocycles. The maximum atomic E-state index is 11.5. The van der Waals surface area contributed by atoms with Crippen LogP contribution in [0, 0.1) is 13.8 Å². The number of rotatable bonds is 5. The first-order valence-corrected chi connectivity index (χ1v) is 10.1. The normalized spacial score (nSPS) is 16.7. The fraction of sp³-hybridized carbons (Fsp3) is 0.333. The predicted octanol–water partition coefficient (Wildman–Crippen LogP) is 5.06. The summed E-state index contributed by atoms with van der Waals surface area (Å²) in [6, 6.07) is 13.5. The van der Waals surface area contributed by atoms with E-state index in [0.29, 0.717) is 18.2 Å². The summed E-state index contributed by atoms with van der Waals surface area (Å²) in [7, 11) is 0. The summed E-state index contributed by atoms with van der Waals surface area (Å²) in [5.41, 5.74) is 6.45. The Morgan fingerprint density at radius 3 is 2.83 bits per heavy atom. The number of fused-ring (bicyclic) bond motifs is 1. The molecule has 1 fully saturated rings. The Labute approximate surface area is 170 Å². The molecule has 29 heavy (non-hydrogen) atoms. The predicted molar refractivity (Wildman–Crippen MR) is 115 cm³/mol. The molecule has 0 amide bonds. The Morgan fingerprint density at radius 1 is 1.24 bits per heavy atom. The van der Waals surface area contributed by atoms with Gasteiger partial charge in [0.1, 0.15) is 0 Å². The molecule has 1 saturated heterocycles. The second kappa shape index (κ2) is 8.21. The van der Waals surface area contributed by atoms with E-state index < -0.39 is 5.97 Å². The second-order valence-corrected chi connectivity index (χ2v) is 7.77. The summed E-state index contributed by atoms with van der Waals surface area (Å²) in [5, 5.41) is 13.9. The van der Waals surface area contributed by atoms with Crippen LogP contribution in [0.4, 0.5) is 5.69 Å². The minimum absolute atomic E-state index is 0.276. The zero-order chi connectivity index (χ0) is 20.4. The first-order valence-electron chi connectivity index (χ1n) is 10.1. The van der Waals surface area contributed by atoms with Crippen molar-refractivity contribution in [1.82, 2.24) is 4.98 Å². The van der Waals surface area contributed by atoms with E-state index in [2.05, 4.69) is 37.4 Å². The van der Waals surface area contributed by atoms with Gasteiger partial charge in [-0.3, -0.25) is 4.98 Å². The fourth-order valence-corrected chi connectivity index (χ4v) is 4.18. The van der Waals surface area contributed by atoms with E-state index in [-0.39, 0.29) is 5.56 Å². The molecule has 1 aliphatic rings. The van der Waals surface area contributed by atoms with Gasteiger partial charge in [-0.05, 0) is 67.6 Å². The van der Waals surface area contributed by atoms with Crippen LogP contribution in [0.3, 0.4) is 0 Å². The summed E-state index contributed by atoms with van der Waals surface area (Å²) >= 11 is 0. The van der Waals surface area contributed by atoms with E-state index >= 15 is 0 Å². The zero-order valence-corrected chi connectivity index (χ0v) is 16.9. The van der Waals surface area contributed by atoms with Crippen LogP contribution in [0.2, 0.25) is 0 Å². The number of pyridine rings is 1. The van der Waals surface area contributed by atoms with Crippen molar-refractivity contribution in [2.45, 2.75) is 39.2 Å². The highest BCUT2D eigenvalue weighted by atomic mass is 16.5. The first-order chi connectivity index (χ1) is 14.0. The van der Waals surface area contributed by atoms with Crippen LogP contribution in [0.25, 0.3) is 10.9 Å². The number of carboxylic acids is 1. The summed E-state index contributed by atoms with van der Waals surface area (Å²) in [6.45, 7) is 6.27. The highest BCUT2D eigenvalue weighted by molar-refractivity contribution is 5.94. The molecule has 2 heterocycles. The second-order valence-electron chi connectivity index (χ2n) is 7.77. The molecule has 5 heteroatoms. The number of aromatic nitrogens is 1. The standard InChI is InChI=1S/C24H26N2O3/c1-15-10-18(13-25-22-8-4-3-7-19(22)24(27)28)21-12-20(16(2)26-23(21)11-15)17-6-5-9-29-14-17/h3-4,7-8,10-12,17,25H,5-6,9,13-14H2,1-2H3,(H,27,28). The minimum Gasteiger partial charge on any atom is -0.478 e. The Morgan fingerprint density at radius 2 is 2.07 bits per heavy atom.